The van der Waals surface area contributed by atoms with Crippen molar-refractivity contribution in [1.29, 1.82) is 0 Å². The second-order valence-electron chi connectivity index (χ2n) is 4.98. The number of amides is 2. The Bertz CT molecular complexity index is 475. The Labute approximate surface area is 118 Å². The fourth-order valence-electron chi connectivity index (χ4n) is 2.02. The Kier molecular flexibility index (Phi) is 4.65. The van der Waals surface area contributed by atoms with E-state index in [1.54, 1.807) is 20.3 Å². The predicted molar refractivity (Wildman–Crippen MR) is 74.9 cm³/mol. The molecule has 1 unspecified atom stereocenters. The van der Waals surface area contributed by atoms with Crippen LogP contribution in [0.3, 0.4) is 0 Å². The normalized spacial score (nSPS) is 15.3. The minimum Gasteiger partial charge on any atom is -0.481 e. The van der Waals surface area contributed by atoms with Gasteiger partial charge in [-0.3, -0.25) is 0 Å². The van der Waals surface area contributed by atoms with Crippen molar-refractivity contribution in [2.24, 2.45) is 5.92 Å². The van der Waals surface area contributed by atoms with Crippen molar-refractivity contribution in [1.82, 2.24) is 15.6 Å². The maximum absolute atomic E-state index is 11.8. The molecule has 0 saturated heterocycles. The van der Waals surface area contributed by atoms with Crippen LogP contribution in [0.15, 0.2) is 12.1 Å². The Morgan fingerprint density at radius 3 is 2.75 bits per heavy atom. The van der Waals surface area contributed by atoms with Crippen molar-refractivity contribution in [2.45, 2.75) is 32.4 Å². The lowest BCUT2D eigenvalue weighted by atomic mass is 10.2. The molecule has 20 heavy (non-hydrogen) atoms. The highest BCUT2D eigenvalue weighted by molar-refractivity contribution is 5.74. The summed E-state index contributed by atoms with van der Waals surface area (Å²) in [6.45, 7) is 2.40. The van der Waals surface area contributed by atoms with Gasteiger partial charge in [-0.25, -0.2) is 4.79 Å². The van der Waals surface area contributed by atoms with Gasteiger partial charge in [0, 0.05) is 24.2 Å². The van der Waals surface area contributed by atoms with E-state index in [0.717, 1.165) is 5.56 Å². The minimum atomic E-state index is -0.165. The van der Waals surface area contributed by atoms with Crippen LogP contribution in [0.2, 0.25) is 0 Å². The first-order valence-corrected chi connectivity index (χ1v) is 6.76. The molecule has 1 aromatic heterocycles. The number of pyridine rings is 1. The SMILES string of the molecule is COc1ccc(CNC(=O)NC(C)C2CC2)c(OC)n1. The van der Waals surface area contributed by atoms with E-state index >= 15 is 0 Å². The van der Waals surface area contributed by atoms with Gasteiger partial charge < -0.3 is 20.1 Å². The summed E-state index contributed by atoms with van der Waals surface area (Å²) in [5.74, 6) is 1.58. The number of nitrogens with one attached hydrogen (secondary N) is 2. The molecule has 2 rings (SSSR count). The van der Waals surface area contributed by atoms with Gasteiger partial charge in [0.05, 0.1) is 14.2 Å². The largest absolute Gasteiger partial charge is 0.481 e. The summed E-state index contributed by atoms with van der Waals surface area (Å²) >= 11 is 0. The molecule has 2 N–H and O–H groups in total. The number of ether oxygens (including phenoxy) is 2. The van der Waals surface area contributed by atoms with Gasteiger partial charge in [-0.05, 0) is 31.7 Å². The Balaban J connectivity index is 1.87. The third-order valence-electron chi connectivity index (χ3n) is 3.44. The summed E-state index contributed by atoms with van der Waals surface area (Å²) in [5, 5.41) is 5.75. The molecule has 1 aromatic rings. The number of carbonyl (C=O) groups excluding carboxylic acids is 1. The van der Waals surface area contributed by atoms with Crippen molar-refractivity contribution < 1.29 is 14.3 Å². The van der Waals surface area contributed by atoms with Gasteiger partial charge in [-0.15, -0.1) is 0 Å². The van der Waals surface area contributed by atoms with Crippen LogP contribution in [-0.2, 0) is 6.54 Å². The quantitative estimate of drug-likeness (QED) is 0.831. The fourth-order valence-corrected chi connectivity index (χ4v) is 2.02. The van der Waals surface area contributed by atoms with Crippen molar-refractivity contribution in [3.8, 4) is 11.8 Å². The topological polar surface area (TPSA) is 72.5 Å². The van der Waals surface area contributed by atoms with E-state index in [-0.39, 0.29) is 12.1 Å². The number of rotatable bonds is 6. The summed E-state index contributed by atoms with van der Waals surface area (Å²) in [7, 11) is 3.09. The van der Waals surface area contributed by atoms with Crippen LogP contribution in [0, 0.1) is 5.92 Å². The Morgan fingerprint density at radius 1 is 1.40 bits per heavy atom. The molecule has 2 amide bonds. The Morgan fingerprint density at radius 2 is 2.15 bits per heavy atom. The van der Waals surface area contributed by atoms with E-state index in [9.17, 15) is 4.79 Å². The number of hydrogen-bond acceptors (Lipinski definition) is 4. The molecular formula is C14H21N3O3. The number of carbonyl (C=O) groups is 1. The van der Waals surface area contributed by atoms with E-state index in [2.05, 4.69) is 15.6 Å². The maximum Gasteiger partial charge on any atom is 0.315 e. The molecule has 1 fully saturated rings. The summed E-state index contributed by atoms with van der Waals surface area (Å²) in [4.78, 5) is 15.9. The molecule has 0 bridgehead atoms. The minimum absolute atomic E-state index is 0.165. The summed E-state index contributed by atoms with van der Waals surface area (Å²) in [6.07, 6.45) is 2.41. The van der Waals surface area contributed by atoms with Gasteiger partial charge in [-0.1, -0.05) is 0 Å². The molecule has 0 aromatic carbocycles. The van der Waals surface area contributed by atoms with E-state index in [1.807, 2.05) is 13.0 Å². The first-order valence-electron chi connectivity index (χ1n) is 6.76. The predicted octanol–water partition coefficient (Wildman–Crippen LogP) is 1.70. The third kappa shape index (κ3) is 3.76. The van der Waals surface area contributed by atoms with Gasteiger partial charge in [0.1, 0.15) is 0 Å². The molecule has 1 aliphatic carbocycles. The number of methoxy groups -OCH3 is 2. The zero-order chi connectivity index (χ0) is 14.5. The molecule has 0 aliphatic heterocycles. The molecule has 6 heteroatoms. The lowest BCUT2D eigenvalue weighted by molar-refractivity contribution is 0.236. The van der Waals surface area contributed by atoms with Gasteiger partial charge in [0.25, 0.3) is 0 Å². The Hall–Kier alpha value is -1.98. The summed E-state index contributed by atoms with van der Waals surface area (Å²) < 4.78 is 10.2. The van der Waals surface area contributed by atoms with Crippen molar-refractivity contribution >= 4 is 6.03 Å². The fraction of sp³-hybridized carbons (Fsp3) is 0.571. The van der Waals surface area contributed by atoms with Crippen LogP contribution < -0.4 is 20.1 Å². The summed E-state index contributed by atoms with van der Waals surface area (Å²) in [5.41, 5.74) is 0.808. The number of nitrogens with zero attached hydrogens (tertiary/aromatic N) is 1. The van der Waals surface area contributed by atoms with Crippen molar-refractivity contribution in [3.05, 3.63) is 17.7 Å². The zero-order valence-corrected chi connectivity index (χ0v) is 12.1. The molecule has 0 radical (unpaired) electrons. The van der Waals surface area contributed by atoms with E-state index in [1.165, 1.54) is 12.8 Å². The van der Waals surface area contributed by atoms with Crippen molar-refractivity contribution in [3.63, 3.8) is 0 Å². The smallest absolute Gasteiger partial charge is 0.315 e. The van der Waals surface area contributed by atoms with Crippen LogP contribution in [0.25, 0.3) is 0 Å². The van der Waals surface area contributed by atoms with Gasteiger partial charge in [0.2, 0.25) is 11.8 Å². The average Bonchev–Trinajstić information content (AvgIpc) is 3.29. The van der Waals surface area contributed by atoms with Gasteiger partial charge in [-0.2, -0.15) is 4.98 Å². The second kappa shape index (κ2) is 6.45. The molecule has 6 nitrogen and oxygen atoms in total. The van der Waals surface area contributed by atoms with Gasteiger partial charge >= 0.3 is 6.03 Å². The number of hydrogen-bond donors (Lipinski definition) is 2. The number of urea groups is 1. The molecule has 1 atom stereocenters. The summed E-state index contributed by atoms with van der Waals surface area (Å²) in [6, 6.07) is 3.63. The van der Waals surface area contributed by atoms with E-state index in [4.69, 9.17) is 9.47 Å². The first-order chi connectivity index (χ1) is 9.63. The van der Waals surface area contributed by atoms with Crippen LogP contribution in [0.5, 0.6) is 11.8 Å². The average molecular weight is 279 g/mol. The van der Waals surface area contributed by atoms with E-state index < -0.39 is 0 Å². The van der Waals surface area contributed by atoms with Crippen LogP contribution in [0.1, 0.15) is 25.3 Å². The van der Waals surface area contributed by atoms with Crippen molar-refractivity contribution in [2.75, 3.05) is 14.2 Å². The molecule has 1 aliphatic rings. The molecule has 0 spiro atoms. The molecule has 110 valence electrons. The highest BCUT2D eigenvalue weighted by atomic mass is 16.5. The first kappa shape index (κ1) is 14.4. The van der Waals surface area contributed by atoms with Crippen LogP contribution in [0.4, 0.5) is 4.79 Å². The molecule has 1 saturated carbocycles. The van der Waals surface area contributed by atoms with Crippen LogP contribution in [-0.4, -0.2) is 31.3 Å². The lowest BCUT2D eigenvalue weighted by Crippen LogP contribution is -2.41. The standard InChI is InChI=1S/C14H21N3O3/c1-9(10-4-5-10)16-14(18)15-8-11-6-7-12(19-2)17-13(11)20-3/h6-7,9-10H,4-5,8H2,1-3H3,(H2,15,16,18). The number of aromatic nitrogens is 1. The zero-order valence-electron chi connectivity index (χ0n) is 12.1. The maximum atomic E-state index is 11.8. The van der Waals surface area contributed by atoms with Gasteiger partial charge in [0.15, 0.2) is 0 Å². The third-order valence-corrected chi connectivity index (χ3v) is 3.44. The lowest BCUT2D eigenvalue weighted by Gasteiger charge is -2.14. The highest BCUT2D eigenvalue weighted by Gasteiger charge is 2.28. The van der Waals surface area contributed by atoms with E-state index in [0.29, 0.717) is 24.2 Å². The molecule has 1 heterocycles. The molecular weight excluding hydrogens is 258 g/mol. The monoisotopic (exact) mass is 279 g/mol. The highest BCUT2D eigenvalue weighted by Crippen LogP contribution is 2.32. The van der Waals surface area contributed by atoms with Crippen LogP contribution >= 0.6 is 0 Å². The second-order valence-corrected chi connectivity index (χ2v) is 4.98.